The van der Waals surface area contributed by atoms with Gasteiger partial charge >= 0.3 is 5.97 Å². The Hall–Kier alpha value is -2.24. The van der Waals surface area contributed by atoms with Crippen molar-refractivity contribution in [3.63, 3.8) is 0 Å². The van der Waals surface area contributed by atoms with Gasteiger partial charge in [-0.1, -0.05) is 0 Å². The van der Waals surface area contributed by atoms with Gasteiger partial charge in [0.15, 0.2) is 18.1 Å². The van der Waals surface area contributed by atoms with Crippen LogP contribution in [0.4, 0.5) is 5.69 Å². The zero-order valence-electron chi connectivity index (χ0n) is 16.0. The van der Waals surface area contributed by atoms with Gasteiger partial charge in [-0.15, -0.1) is 0 Å². The Morgan fingerprint density at radius 2 is 1.59 bits per heavy atom. The molecule has 0 heterocycles. The molecule has 1 aromatic rings. The highest BCUT2D eigenvalue weighted by Crippen LogP contribution is 2.60. The number of methoxy groups -OCH3 is 2. The van der Waals surface area contributed by atoms with Crippen LogP contribution in [0.25, 0.3) is 0 Å². The molecule has 1 N–H and O–H groups in total. The number of hydrogen-bond acceptors (Lipinski definition) is 5. The first-order valence-corrected chi connectivity index (χ1v) is 9.70. The lowest BCUT2D eigenvalue weighted by Gasteiger charge is -2.55. The smallest absolute Gasteiger partial charge is 0.312 e. The SMILES string of the molecule is COc1ccc(NC(=O)COC(=O)C23CC4CC(CC(C4)C2)C3)cc1OC. The van der Waals surface area contributed by atoms with Gasteiger partial charge in [0.05, 0.1) is 19.6 Å². The van der Waals surface area contributed by atoms with Crippen LogP contribution < -0.4 is 14.8 Å². The molecule has 0 unspecified atom stereocenters. The van der Waals surface area contributed by atoms with Crippen LogP contribution >= 0.6 is 0 Å². The van der Waals surface area contributed by atoms with Crippen molar-refractivity contribution < 1.29 is 23.8 Å². The molecule has 6 nitrogen and oxygen atoms in total. The number of benzene rings is 1. The number of esters is 1. The number of anilines is 1. The van der Waals surface area contributed by atoms with E-state index < -0.39 is 0 Å². The lowest BCUT2D eigenvalue weighted by atomic mass is 9.49. The van der Waals surface area contributed by atoms with Crippen molar-refractivity contribution >= 4 is 17.6 Å². The van der Waals surface area contributed by atoms with Gasteiger partial charge < -0.3 is 19.5 Å². The summed E-state index contributed by atoms with van der Waals surface area (Å²) in [5.41, 5.74) is 0.238. The molecule has 4 bridgehead atoms. The Labute approximate surface area is 159 Å². The highest BCUT2D eigenvalue weighted by Gasteiger charge is 2.55. The molecule has 146 valence electrons. The molecule has 0 radical (unpaired) electrons. The van der Waals surface area contributed by atoms with E-state index in [1.54, 1.807) is 25.3 Å². The van der Waals surface area contributed by atoms with Crippen LogP contribution in [0.5, 0.6) is 11.5 Å². The predicted molar refractivity (Wildman–Crippen MR) is 99.7 cm³/mol. The Bertz CT molecular complexity index is 709. The lowest BCUT2D eigenvalue weighted by Crippen LogP contribution is -2.50. The first-order chi connectivity index (χ1) is 13.0. The summed E-state index contributed by atoms with van der Waals surface area (Å²) in [7, 11) is 3.09. The van der Waals surface area contributed by atoms with Crippen molar-refractivity contribution in [3.8, 4) is 11.5 Å². The van der Waals surface area contributed by atoms with Gasteiger partial charge in [-0.3, -0.25) is 9.59 Å². The van der Waals surface area contributed by atoms with Crippen molar-refractivity contribution in [2.75, 3.05) is 26.1 Å². The topological polar surface area (TPSA) is 73.9 Å². The van der Waals surface area contributed by atoms with Gasteiger partial charge in [0.2, 0.25) is 0 Å². The third-order valence-corrected chi connectivity index (χ3v) is 6.47. The van der Waals surface area contributed by atoms with E-state index in [0.29, 0.717) is 34.9 Å². The van der Waals surface area contributed by atoms with Crippen molar-refractivity contribution in [2.45, 2.75) is 38.5 Å². The number of amides is 1. The molecule has 4 aliphatic rings. The second kappa shape index (κ2) is 7.06. The molecule has 4 saturated carbocycles. The number of hydrogen-bond donors (Lipinski definition) is 1. The standard InChI is InChI=1S/C21H27NO5/c1-25-17-4-3-16(8-18(17)26-2)22-19(23)12-27-20(24)21-9-13-5-14(10-21)7-15(6-13)11-21/h3-4,8,13-15H,5-7,9-12H2,1-2H3,(H,22,23). The summed E-state index contributed by atoms with van der Waals surface area (Å²) in [5, 5.41) is 2.75. The summed E-state index contributed by atoms with van der Waals surface area (Å²) >= 11 is 0. The fraction of sp³-hybridized carbons (Fsp3) is 0.619. The van der Waals surface area contributed by atoms with Crippen LogP contribution in [0.1, 0.15) is 38.5 Å². The maximum absolute atomic E-state index is 12.8. The maximum Gasteiger partial charge on any atom is 0.312 e. The summed E-state index contributed by atoms with van der Waals surface area (Å²) < 4.78 is 15.9. The second-order valence-electron chi connectivity index (χ2n) is 8.39. The van der Waals surface area contributed by atoms with Gasteiger partial charge in [0, 0.05) is 11.8 Å². The molecule has 1 aromatic carbocycles. The fourth-order valence-electron chi connectivity index (χ4n) is 5.76. The molecular weight excluding hydrogens is 346 g/mol. The van der Waals surface area contributed by atoms with E-state index in [1.807, 2.05) is 0 Å². The summed E-state index contributed by atoms with van der Waals surface area (Å²) in [4.78, 5) is 25.0. The molecule has 27 heavy (non-hydrogen) atoms. The summed E-state index contributed by atoms with van der Waals surface area (Å²) in [6.45, 7) is -0.255. The number of rotatable bonds is 6. The first-order valence-electron chi connectivity index (χ1n) is 9.70. The van der Waals surface area contributed by atoms with Gasteiger partial charge in [-0.2, -0.15) is 0 Å². The van der Waals surface area contributed by atoms with E-state index in [9.17, 15) is 9.59 Å². The Kier molecular flexibility index (Phi) is 4.74. The molecule has 0 aliphatic heterocycles. The van der Waals surface area contributed by atoms with Crippen LogP contribution in [-0.2, 0) is 14.3 Å². The van der Waals surface area contributed by atoms with Crippen molar-refractivity contribution in [1.82, 2.24) is 0 Å². The highest BCUT2D eigenvalue weighted by molar-refractivity contribution is 5.93. The molecule has 1 amide bonds. The van der Waals surface area contributed by atoms with E-state index in [0.717, 1.165) is 19.3 Å². The van der Waals surface area contributed by atoms with Crippen LogP contribution in [0.3, 0.4) is 0 Å². The zero-order valence-corrected chi connectivity index (χ0v) is 16.0. The number of carbonyl (C=O) groups is 2. The minimum absolute atomic E-state index is 0.177. The van der Waals surface area contributed by atoms with Gasteiger partial charge in [0.1, 0.15) is 0 Å². The number of ether oxygens (including phenoxy) is 3. The minimum atomic E-state index is -0.347. The molecule has 0 aromatic heterocycles. The molecule has 5 rings (SSSR count). The summed E-state index contributed by atoms with van der Waals surface area (Å²) in [6, 6.07) is 5.12. The largest absolute Gasteiger partial charge is 0.493 e. The van der Waals surface area contributed by atoms with E-state index in [4.69, 9.17) is 14.2 Å². The zero-order chi connectivity index (χ0) is 19.0. The summed E-state index contributed by atoms with van der Waals surface area (Å²) in [6.07, 6.45) is 6.63. The molecule has 0 saturated heterocycles. The number of carbonyl (C=O) groups excluding carboxylic acids is 2. The molecule has 0 atom stereocenters. The third-order valence-electron chi connectivity index (χ3n) is 6.47. The third kappa shape index (κ3) is 3.49. The highest BCUT2D eigenvalue weighted by atomic mass is 16.5. The van der Waals surface area contributed by atoms with Gasteiger partial charge in [-0.25, -0.2) is 0 Å². The van der Waals surface area contributed by atoms with E-state index in [1.165, 1.54) is 26.4 Å². The lowest BCUT2D eigenvalue weighted by molar-refractivity contribution is -0.172. The Morgan fingerprint density at radius 1 is 1.00 bits per heavy atom. The van der Waals surface area contributed by atoms with Crippen LogP contribution in [0, 0.1) is 23.2 Å². The van der Waals surface area contributed by atoms with E-state index in [2.05, 4.69) is 5.32 Å². The predicted octanol–water partition coefficient (Wildman–Crippen LogP) is 3.40. The second-order valence-corrected chi connectivity index (χ2v) is 8.39. The van der Waals surface area contributed by atoms with Gasteiger partial charge in [-0.05, 0) is 68.4 Å². The van der Waals surface area contributed by atoms with Gasteiger partial charge in [0.25, 0.3) is 5.91 Å². The molecule has 4 aliphatic carbocycles. The first kappa shape index (κ1) is 18.1. The minimum Gasteiger partial charge on any atom is -0.493 e. The van der Waals surface area contributed by atoms with Crippen LogP contribution in [0.15, 0.2) is 18.2 Å². The van der Waals surface area contributed by atoms with Crippen molar-refractivity contribution in [3.05, 3.63) is 18.2 Å². The van der Waals surface area contributed by atoms with Crippen molar-refractivity contribution in [2.24, 2.45) is 23.2 Å². The normalized spacial score (nSPS) is 30.7. The quantitative estimate of drug-likeness (QED) is 0.774. The Balaban J connectivity index is 1.34. The number of nitrogens with one attached hydrogen (secondary N) is 1. The monoisotopic (exact) mass is 373 g/mol. The van der Waals surface area contributed by atoms with E-state index in [-0.39, 0.29) is 23.9 Å². The Morgan fingerprint density at radius 3 is 2.15 bits per heavy atom. The molecular formula is C21H27NO5. The van der Waals surface area contributed by atoms with Crippen LogP contribution in [0.2, 0.25) is 0 Å². The molecule has 4 fully saturated rings. The van der Waals surface area contributed by atoms with E-state index >= 15 is 0 Å². The average Bonchev–Trinajstić information content (AvgIpc) is 2.64. The molecule has 6 heteroatoms. The fourth-order valence-corrected chi connectivity index (χ4v) is 5.76. The maximum atomic E-state index is 12.8. The van der Waals surface area contributed by atoms with Crippen molar-refractivity contribution in [1.29, 1.82) is 0 Å². The molecule has 0 spiro atoms. The average molecular weight is 373 g/mol. The van der Waals surface area contributed by atoms with Crippen LogP contribution in [-0.4, -0.2) is 32.7 Å². The summed E-state index contributed by atoms with van der Waals surface area (Å²) in [5.74, 6) is 2.60.